The van der Waals surface area contributed by atoms with Gasteiger partial charge in [0.25, 0.3) is 0 Å². The van der Waals surface area contributed by atoms with Gasteiger partial charge in [0.05, 0.1) is 12.1 Å². The largest absolute Gasteiger partial charge is 0.358 e. The van der Waals surface area contributed by atoms with Crippen molar-refractivity contribution >= 4 is 16.9 Å². The number of benzene rings is 1. The van der Waals surface area contributed by atoms with Crippen LogP contribution < -0.4 is 5.32 Å². The van der Waals surface area contributed by atoms with E-state index in [9.17, 15) is 0 Å². The van der Waals surface area contributed by atoms with Gasteiger partial charge < -0.3 is 5.32 Å². The highest BCUT2D eigenvalue weighted by Gasteiger charge is 2.15. The van der Waals surface area contributed by atoms with Crippen LogP contribution in [0.3, 0.4) is 0 Å². The molecule has 0 saturated carbocycles. The zero-order valence-electron chi connectivity index (χ0n) is 9.10. The second-order valence-electron chi connectivity index (χ2n) is 3.87. The molecule has 2 nitrogen and oxygen atoms in total. The first-order chi connectivity index (χ1) is 7.25. The van der Waals surface area contributed by atoms with Crippen LogP contribution in [0, 0.1) is 0 Å². The van der Waals surface area contributed by atoms with Gasteiger partial charge in [0.1, 0.15) is 0 Å². The smallest absolute Gasteiger partial charge is 0.157 e. The van der Waals surface area contributed by atoms with Crippen LogP contribution in [0.15, 0.2) is 35.3 Å². The van der Waals surface area contributed by atoms with Gasteiger partial charge in [-0.05, 0) is 19.4 Å². The predicted octanol–water partition coefficient (Wildman–Crippen LogP) is 2.83. The summed E-state index contributed by atoms with van der Waals surface area (Å²) in [6.45, 7) is 4.32. The quantitative estimate of drug-likeness (QED) is 0.829. The molecule has 1 aliphatic heterocycles. The highest BCUT2D eigenvalue weighted by molar-refractivity contribution is 8.14. The first kappa shape index (κ1) is 10.6. The fourth-order valence-corrected chi connectivity index (χ4v) is 2.55. The van der Waals surface area contributed by atoms with Gasteiger partial charge in [-0.25, -0.2) is 0 Å². The molecule has 1 N–H and O–H groups in total. The first-order valence-corrected chi connectivity index (χ1v) is 6.26. The summed E-state index contributed by atoms with van der Waals surface area (Å²) < 4.78 is 0. The van der Waals surface area contributed by atoms with Crippen molar-refractivity contribution < 1.29 is 0 Å². The Bertz CT molecular complexity index is 348. The van der Waals surface area contributed by atoms with Crippen LogP contribution in [0.2, 0.25) is 0 Å². The van der Waals surface area contributed by atoms with E-state index in [1.54, 1.807) is 0 Å². The van der Waals surface area contributed by atoms with E-state index < -0.39 is 0 Å². The van der Waals surface area contributed by atoms with Crippen LogP contribution in [0.5, 0.6) is 0 Å². The zero-order chi connectivity index (χ0) is 10.7. The molecule has 0 saturated heterocycles. The van der Waals surface area contributed by atoms with Gasteiger partial charge in [0.15, 0.2) is 5.17 Å². The fourth-order valence-electron chi connectivity index (χ4n) is 1.56. The highest BCUT2D eigenvalue weighted by atomic mass is 32.2. The van der Waals surface area contributed by atoms with E-state index in [-0.39, 0.29) is 0 Å². The number of nitrogens with zero attached hydrogens (tertiary/aromatic N) is 1. The van der Waals surface area contributed by atoms with Crippen LogP contribution in [-0.4, -0.2) is 17.0 Å². The topological polar surface area (TPSA) is 24.4 Å². The van der Waals surface area contributed by atoms with Gasteiger partial charge in [0, 0.05) is 5.75 Å². The number of aliphatic imine (C=N–C) groups is 1. The van der Waals surface area contributed by atoms with Gasteiger partial charge in [0.2, 0.25) is 0 Å². The summed E-state index contributed by atoms with van der Waals surface area (Å²) in [6, 6.07) is 11.3. The second-order valence-corrected chi connectivity index (χ2v) is 4.88. The van der Waals surface area contributed by atoms with E-state index in [0.29, 0.717) is 12.1 Å². The Morgan fingerprint density at radius 1 is 1.40 bits per heavy atom. The van der Waals surface area contributed by atoms with Gasteiger partial charge in [-0.3, -0.25) is 4.99 Å². The standard InChI is InChI=1S/C12H16N2S/c1-9-8-15-12(13-9)14-10(2)11-6-4-3-5-7-11/h3-7,9-10H,8H2,1-2H3,(H,13,14). The van der Waals surface area contributed by atoms with Crippen molar-refractivity contribution in [3.05, 3.63) is 35.9 Å². The maximum Gasteiger partial charge on any atom is 0.157 e. The molecule has 3 heteroatoms. The lowest BCUT2D eigenvalue weighted by molar-refractivity contribution is 0.718. The normalized spacial score (nSPS) is 22.3. The molecule has 0 aliphatic carbocycles. The maximum absolute atomic E-state index is 4.52. The molecule has 15 heavy (non-hydrogen) atoms. The third-order valence-corrected chi connectivity index (χ3v) is 3.58. The van der Waals surface area contributed by atoms with Gasteiger partial charge >= 0.3 is 0 Å². The molecule has 2 atom stereocenters. The van der Waals surface area contributed by atoms with E-state index in [2.05, 4.69) is 48.4 Å². The van der Waals surface area contributed by atoms with Crippen molar-refractivity contribution in [1.82, 2.24) is 5.32 Å². The minimum Gasteiger partial charge on any atom is -0.358 e. The SMILES string of the molecule is CC1CSC(NC(C)c2ccccc2)=N1. The molecule has 0 amide bonds. The molecule has 1 aromatic carbocycles. The minimum atomic E-state index is 0.336. The fraction of sp³-hybridized carbons (Fsp3) is 0.417. The van der Waals surface area contributed by atoms with Gasteiger partial charge in [-0.1, -0.05) is 42.1 Å². The summed E-state index contributed by atoms with van der Waals surface area (Å²) in [5.41, 5.74) is 1.31. The molecule has 1 aliphatic rings. The van der Waals surface area contributed by atoms with E-state index in [4.69, 9.17) is 0 Å². The monoisotopic (exact) mass is 220 g/mol. The predicted molar refractivity (Wildman–Crippen MR) is 67.3 cm³/mol. The summed E-state index contributed by atoms with van der Waals surface area (Å²) >= 11 is 1.81. The Hall–Kier alpha value is -0.960. The number of rotatable bonds is 2. The molecule has 0 fully saturated rings. The Morgan fingerprint density at radius 2 is 2.13 bits per heavy atom. The third kappa shape index (κ3) is 2.75. The first-order valence-electron chi connectivity index (χ1n) is 5.28. The Morgan fingerprint density at radius 3 is 2.73 bits per heavy atom. The molecule has 1 heterocycles. The second kappa shape index (κ2) is 4.71. The molecule has 2 rings (SSSR count). The van der Waals surface area contributed by atoms with E-state index >= 15 is 0 Å². The molecule has 2 unspecified atom stereocenters. The highest BCUT2D eigenvalue weighted by Crippen LogP contribution is 2.19. The van der Waals surface area contributed by atoms with Crippen molar-refractivity contribution in [2.75, 3.05) is 5.75 Å². The summed E-state index contributed by atoms with van der Waals surface area (Å²) in [7, 11) is 0. The number of nitrogens with one attached hydrogen (secondary N) is 1. The van der Waals surface area contributed by atoms with E-state index in [0.717, 1.165) is 10.9 Å². The van der Waals surface area contributed by atoms with Crippen LogP contribution in [-0.2, 0) is 0 Å². The van der Waals surface area contributed by atoms with Crippen LogP contribution in [0.1, 0.15) is 25.5 Å². The summed E-state index contributed by atoms with van der Waals surface area (Å²) in [4.78, 5) is 4.52. The van der Waals surface area contributed by atoms with Crippen molar-refractivity contribution in [2.45, 2.75) is 25.9 Å². The number of hydrogen-bond donors (Lipinski definition) is 1. The number of hydrogen-bond acceptors (Lipinski definition) is 3. The van der Waals surface area contributed by atoms with E-state index in [1.807, 2.05) is 17.8 Å². The van der Waals surface area contributed by atoms with Gasteiger partial charge in [-0.15, -0.1) is 0 Å². The molecule has 1 aromatic rings. The maximum atomic E-state index is 4.52. The number of amidine groups is 1. The third-order valence-electron chi connectivity index (χ3n) is 2.44. The van der Waals surface area contributed by atoms with Crippen LogP contribution >= 0.6 is 11.8 Å². The Balaban J connectivity index is 1.98. The molecule has 0 radical (unpaired) electrons. The Kier molecular flexibility index (Phi) is 3.31. The van der Waals surface area contributed by atoms with Gasteiger partial charge in [-0.2, -0.15) is 0 Å². The lowest BCUT2D eigenvalue weighted by Gasteiger charge is -2.14. The molecule has 0 spiro atoms. The summed E-state index contributed by atoms with van der Waals surface area (Å²) in [5, 5.41) is 4.52. The van der Waals surface area contributed by atoms with Crippen molar-refractivity contribution in [3.63, 3.8) is 0 Å². The molecular weight excluding hydrogens is 204 g/mol. The Labute approximate surface area is 95.2 Å². The average molecular weight is 220 g/mol. The molecular formula is C12H16N2S. The van der Waals surface area contributed by atoms with Crippen molar-refractivity contribution in [3.8, 4) is 0 Å². The number of thioether (sulfide) groups is 1. The minimum absolute atomic E-state index is 0.336. The lowest BCUT2D eigenvalue weighted by Crippen LogP contribution is -2.22. The van der Waals surface area contributed by atoms with Crippen LogP contribution in [0.4, 0.5) is 0 Å². The summed E-state index contributed by atoms with van der Waals surface area (Å²) in [5.74, 6) is 1.10. The molecule has 0 bridgehead atoms. The summed E-state index contributed by atoms with van der Waals surface area (Å²) in [6.07, 6.45) is 0. The van der Waals surface area contributed by atoms with Crippen molar-refractivity contribution in [1.29, 1.82) is 0 Å². The lowest BCUT2D eigenvalue weighted by atomic mass is 10.1. The van der Waals surface area contributed by atoms with Crippen LogP contribution in [0.25, 0.3) is 0 Å². The zero-order valence-corrected chi connectivity index (χ0v) is 9.92. The molecule has 80 valence electrons. The van der Waals surface area contributed by atoms with E-state index in [1.165, 1.54) is 5.56 Å². The average Bonchev–Trinajstić information content (AvgIpc) is 2.65. The van der Waals surface area contributed by atoms with Crippen molar-refractivity contribution in [2.24, 2.45) is 4.99 Å². The molecule has 0 aromatic heterocycles.